The third-order valence-corrected chi connectivity index (χ3v) is 4.17. The first kappa shape index (κ1) is 16.0. The van der Waals surface area contributed by atoms with Crippen LogP contribution < -0.4 is 10.6 Å². The summed E-state index contributed by atoms with van der Waals surface area (Å²) in [7, 11) is 1.87. The standard InChI is InChI=1S/C17H21N5O2/c1-12-4-3-5-13(8-12)15-16(23)19-6-7-22(15)17(24)20-10-14-9-18-11-21(14)2/h3-5,8-9,11,15H,6-7,10H2,1-2H3,(H,19,23)(H,20,24). The first-order valence-corrected chi connectivity index (χ1v) is 7.90. The van der Waals surface area contributed by atoms with Gasteiger partial charge in [-0.1, -0.05) is 29.8 Å². The van der Waals surface area contributed by atoms with E-state index in [0.29, 0.717) is 19.6 Å². The summed E-state index contributed by atoms with van der Waals surface area (Å²) in [5.74, 6) is -0.150. The van der Waals surface area contributed by atoms with Crippen LogP contribution in [0.5, 0.6) is 0 Å². The van der Waals surface area contributed by atoms with Crippen molar-refractivity contribution in [1.29, 1.82) is 0 Å². The van der Waals surface area contributed by atoms with Crippen LogP contribution in [0.25, 0.3) is 0 Å². The van der Waals surface area contributed by atoms with Gasteiger partial charge in [0.2, 0.25) is 5.91 Å². The fourth-order valence-electron chi connectivity index (χ4n) is 2.88. The second kappa shape index (κ2) is 6.74. The fourth-order valence-corrected chi connectivity index (χ4v) is 2.88. The second-order valence-corrected chi connectivity index (χ2v) is 5.96. The molecule has 126 valence electrons. The van der Waals surface area contributed by atoms with E-state index in [0.717, 1.165) is 16.8 Å². The van der Waals surface area contributed by atoms with Crippen molar-refractivity contribution in [1.82, 2.24) is 25.1 Å². The van der Waals surface area contributed by atoms with Crippen LogP contribution in [0.1, 0.15) is 22.9 Å². The number of nitrogens with zero attached hydrogens (tertiary/aromatic N) is 3. The Morgan fingerprint density at radius 3 is 3.00 bits per heavy atom. The predicted octanol–water partition coefficient (Wildman–Crippen LogP) is 1.11. The number of carbonyl (C=O) groups excluding carboxylic acids is 2. The van der Waals surface area contributed by atoms with Crippen LogP contribution in [0.3, 0.4) is 0 Å². The zero-order chi connectivity index (χ0) is 17.1. The van der Waals surface area contributed by atoms with Crippen LogP contribution in [0, 0.1) is 6.92 Å². The molecule has 1 saturated heterocycles. The highest BCUT2D eigenvalue weighted by atomic mass is 16.2. The molecule has 7 heteroatoms. The molecule has 0 saturated carbocycles. The first-order chi connectivity index (χ1) is 11.6. The summed E-state index contributed by atoms with van der Waals surface area (Å²) in [5.41, 5.74) is 2.78. The van der Waals surface area contributed by atoms with Crippen LogP contribution in [-0.4, -0.2) is 39.5 Å². The number of amides is 3. The molecule has 0 aliphatic carbocycles. The number of carbonyl (C=O) groups is 2. The number of aryl methyl sites for hydroxylation is 2. The average molecular weight is 327 g/mol. The van der Waals surface area contributed by atoms with Gasteiger partial charge in [0.25, 0.3) is 0 Å². The smallest absolute Gasteiger partial charge is 0.318 e. The third kappa shape index (κ3) is 3.24. The highest BCUT2D eigenvalue weighted by Crippen LogP contribution is 2.24. The maximum Gasteiger partial charge on any atom is 0.318 e. The van der Waals surface area contributed by atoms with E-state index >= 15 is 0 Å². The van der Waals surface area contributed by atoms with Crippen molar-refractivity contribution in [3.05, 3.63) is 53.6 Å². The van der Waals surface area contributed by atoms with Crippen molar-refractivity contribution in [2.75, 3.05) is 13.1 Å². The molecule has 3 rings (SSSR count). The minimum Gasteiger partial charge on any atom is -0.352 e. The molecule has 2 aromatic rings. The number of nitrogens with one attached hydrogen (secondary N) is 2. The summed E-state index contributed by atoms with van der Waals surface area (Å²) in [6, 6.07) is 6.83. The lowest BCUT2D eigenvalue weighted by Gasteiger charge is -2.35. The van der Waals surface area contributed by atoms with Gasteiger partial charge in [0.15, 0.2) is 0 Å². The molecule has 1 aliphatic rings. The van der Waals surface area contributed by atoms with Crippen LogP contribution in [0.4, 0.5) is 4.79 Å². The van der Waals surface area contributed by atoms with Crippen molar-refractivity contribution in [3.63, 3.8) is 0 Å². The largest absolute Gasteiger partial charge is 0.352 e. The summed E-state index contributed by atoms with van der Waals surface area (Å²) in [6.45, 7) is 3.27. The van der Waals surface area contributed by atoms with Gasteiger partial charge in [-0.3, -0.25) is 4.79 Å². The number of imidazole rings is 1. The summed E-state index contributed by atoms with van der Waals surface area (Å²) in [6.07, 6.45) is 3.40. The van der Waals surface area contributed by atoms with E-state index in [-0.39, 0.29) is 11.9 Å². The van der Waals surface area contributed by atoms with E-state index in [1.165, 1.54) is 0 Å². The Morgan fingerprint density at radius 1 is 1.46 bits per heavy atom. The fraction of sp³-hybridized carbons (Fsp3) is 0.353. The van der Waals surface area contributed by atoms with E-state index < -0.39 is 6.04 Å². The summed E-state index contributed by atoms with van der Waals surface area (Å²) in [5, 5.41) is 5.72. The lowest BCUT2D eigenvalue weighted by Crippen LogP contribution is -2.54. The number of hydrogen-bond donors (Lipinski definition) is 2. The number of piperazine rings is 1. The average Bonchev–Trinajstić information content (AvgIpc) is 2.97. The Hall–Kier alpha value is -2.83. The number of rotatable bonds is 3. The Bertz CT molecular complexity index is 755. The third-order valence-electron chi connectivity index (χ3n) is 4.17. The van der Waals surface area contributed by atoms with Crippen molar-refractivity contribution >= 4 is 11.9 Å². The Kier molecular flexibility index (Phi) is 4.50. The number of urea groups is 1. The van der Waals surface area contributed by atoms with Gasteiger partial charge in [0, 0.05) is 26.3 Å². The first-order valence-electron chi connectivity index (χ1n) is 7.90. The van der Waals surface area contributed by atoms with E-state index in [9.17, 15) is 9.59 Å². The molecule has 0 spiro atoms. The zero-order valence-electron chi connectivity index (χ0n) is 13.8. The SMILES string of the molecule is Cc1cccc(C2C(=O)NCCN2C(=O)NCc2cncn2C)c1. The normalized spacial score (nSPS) is 17.5. The molecule has 7 nitrogen and oxygen atoms in total. The lowest BCUT2D eigenvalue weighted by molar-refractivity contribution is -0.127. The molecular formula is C17H21N5O2. The molecule has 0 bridgehead atoms. The Morgan fingerprint density at radius 2 is 2.29 bits per heavy atom. The van der Waals surface area contributed by atoms with E-state index in [1.807, 2.05) is 42.8 Å². The van der Waals surface area contributed by atoms with E-state index in [2.05, 4.69) is 15.6 Å². The van der Waals surface area contributed by atoms with Crippen LogP contribution in [-0.2, 0) is 18.4 Å². The van der Waals surface area contributed by atoms with Crippen LogP contribution >= 0.6 is 0 Å². The minimum absolute atomic E-state index is 0.150. The van der Waals surface area contributed by atoms with Gasteiger partial charge < -0.3 is 20.1 Å². The van der Waals surface area contributed by atoms with Gasteiger partial charge in [-0.15, -0.1) is 0 Å². The zero-order valence-corrected chi connectivity index (χ0v) is 13.8. The maximum absolute atomic E-state index is 12.6. The number of benzene rings is 1. The summed E-state index contributed by atoms with van der Waals surface area (Å²) < 4.78 is 1.85. The Labute approximate surface area is 140 Å². The molecule has 3 amide bonds. The van der Waals surface area contributed by atoms with Crippen LogP contribution in [0.2, 0.25) is 0 Å². The van der Waals surface area contributed by atoms with Crippen molar-refractivity contribution in [2.24, 2.45) is 7.05 Å². The molecule has 2 N–H and O–H groups in total. The van der Waals surface area contributed by atoms with Crippen LogP contribution in [0.15, 0.2) is 36.8 Å². The van der Waals surface area contributed by atoms with Gasteiger partial charge in [0.05, 0.1) is 18.6 Å². The topological polar surface area (TPSA) is 79.3 Å². The van der Waals surface area contributed by atoms with Crippen molar-refractivity contribution in [2.45, 2.75) is 19.5 Å². The molecule has 24 heavy (non-hydrogen) atoms. The van der Waals surface area contributed by atoms with Gasteiger partial charge in [0.1, 0.15) is 6.04 Å². The number of aromatic nitrogens is 2. The summed E-state index contributed by atoms with van der Waals surface area (Å²) in [4.78, 5) is 30.6. The quantitative estimate of drug-likeness (QED) is 0.886. The van der Waals surface area contributed by atoms with Gasteiger partial charge in [-0.05, 0) is 12.5 Å². The van der Waals surface area contributed by atoms with Crippen molar-refractivity contribution in [3.8, 4) is 0 Å². The molecule has 1 fully saturated rings. The van der Waals surface area contributed by atoms with Gasteiger partial charge in [-0.25, -0.2) is 9.78 Å². The molecule has 1 aromatic carbocycles. The second-order valence-electron chi connectivity index (χ2n) is 5.96. The lowest BCUT2D eigenvalue weighted by atomic mass is 10.0. The van der Waals surface area contributed by atoms with E-state index in [4.69, 9.17) is 0 Å². The molecule has 0 radical (unpaired) electrons. The molecule has 2 heterocycles. The molecule has 1 aromatic heterocycles. The maximum atomic E-state index is 12.6. The van der Waals surface area contributed by atoms with Gasteiger partial charge >= 0.3 is 6.03 Å². The monoisotopic (exact) mass is 327 g/mol. The number of hydrogen-bond acceptors (Lipinski definition) is 3. The highest BCUT2D eigenvalue weighted by Gasteiger charge is 2.34. The molecule has 1 unspecified atom stereocenters. The highest BCUT2D eigenvalue weighted by molar-refractivity contribution is 5.89. The van der Waals surface area contributed by atoms with Gasteiger partial charge in [-0.2, -0.15) is 0 Å². The molecule has 1 aliphatic heterocycles. The molecule has 1 atom stereocenters. The predicted molar refractivity (Wildman–Crippen MR) is 89.1 cm³/mol. The van der Waals surface area contributed by atoms with E-state index in [1.54, 1.807) is 17.4 Å². The minimum atomic E-state index is -0.606. The van der Waals surface area contributed by atoms with Crippen molar-refractivity contribution < 1.29 is 9.59 Å². The molecular weight excluding hydrogens is 306 g/mol. The summed E-state index contributed by atoms with van der Waals surface area (Å²) >= 11 is 0. The Balaban J connectivity index is 1.77.